The van der Waals surface area contributed by atoms with Gasteiger partial charge in [-0.15, -0.1) is 0 Å². The molecule has 1 unspecified atom stereocenters. The van der Waals surface area contributed by atoms with Crippen molar-refractivity contribution in [1.82, 2.24) is 14.5 Å². The number of aryl methyl sites for hydroxylation is 1. The van der Waals surface area contributed by atoms with Gasteiger partial charge in [0.25, 0.3) is 5.91 Å². The zero-order chi connectivity index (χ0) is 20.0. The summed E-state index contributed by atoms with van der Waals surface area (Å²) in [5, 5.41) is 0. The maximum Gasteiger partial charge on any atom is 0.274 e. The van der Waals surface area contributed by atoms with Crippen molar-refractivity contribution in [3.63, 3.8) is 0 Å². The van der Waals surface area contributed by atoms with E-state index in [0.29, 0.717) is 48.8 Å². The van der Waals surface area contributed by atoms with E-state index < -0.39 is 0 Å². The average Bonchev–Trinajstić information content (AvgIpc) is 2.98. The molecule has 0 aliphatic heterocycles. The predicted octanol–water partition coefficient (Wildman–Crippen LogP) is 3.63. The number of hydrogen-bond donors (Lipinski definition) is 0. The molecule has 0 spiro atoms. The number of benzene rings is 1. The smallest absolute Gasteiger partial charge is 0.274 e. The van der Waals surface area contributed by atoms with E-state index in [1.54, 1.807) is 23.6 Å². The molecule has 2 aromatic rings. The second kappa shape index (κ2) is 10.5. The summed E-state index contributed by atoms with van der Waals surface area (Å²) in [6.45, 7) is 3.73. The topological polar surface area (TPSA) is 67.7 Å². The number of rotatable bonds is 9. The predicted molar refractivity (Wildman–Crippen MR) is 120 cm³/mol. The Balaban J connectivity index is 2.40. The Morgan fingerprint density at radius 2 is 2.04 bits per heavy atom. The van der Waals surface area contributed by atoms with Gasteiger partial charge in [0.1, 0.15) is 0 Å². The number of halogens is 2. The van der Waals surface area contributed by atoms with Crippen LogP contribution in [0.4, 0.5) is 5.82 Å². The molecule has 7 nitrogen and oxygen atoms in total. The number of hydrogen-bond acceptors (Lipinski definition) is 4. The first-order valence-corrected chi connectivity index (χ1v) is 12.9. The lowest BCUT2D eigenvalue weighted by Crippen LogP contribution is -2.33. The molecular formula is C17H21BrIN4O3P. The Morgan fingerprint density at radius 1 is 1.37 bits per heavy atom. The van der Waals surface area contributed by atoms with E-state index in [2.05, 4.69) is 43.0 Å². The zero-order valence-corrected chi connectivity index (χ0v) is 20.0. The molecule has 2 amide bonds. The molecule has 0 aliphatic rings. The minimum atomic E-state index is -0.218. The zero-order valence-electron chi connectivity index (χ0n) is 15.3. The molecule has 1 heterocycles. The molecule has 0 fully saturated rings. The summed E-state index contributed by atoms with van der Waals surface area (Å²) in [4.78, 5) is 31.7. The van der Waals surface area contributed by atoms with Crippen molar-refractivity contribution in [2.45, 2.75) is 13.5 Å². The molecule has 0 radical (unpaired) electrons. The lowest BCUT2D eigenvalue weighted by atomic mass is 10.1. The van der Waals surface area contributed by atoms with Crippen molar-refractivity contribution in [1.29, 1.82) is 0 Å². The number of nitrogens with zero attached hydrogens (tertiary/aromatic N) is 4. The van der Waals surface area contributed by atoms with Crippen LogP contribution in [0.3, 0.4) is 0 Å². The fourth-order valence-corrected chi connectivity index (χ4v) is 3.74. The highest BCUT2D eigenvalue weighted by Crippen LogP contribution is 2.26. The first-order valence-electron chi connectivity index (χ1n) is 8.11. The summed E-state index contributed by atoms with van der Waals surface area (Å²) in [5.74, 6) is 0.0990. The normalized spacial score (nSPS) is 11.1. The molecular weight excluding hydrogens is 546 g/mol. The Morgan fingerprint density at radius 3 is 2.63 bits per heavy atom. The number of carbonyl (C=O) groups is 2. The summed E-state index contributed by atoms with van der Waals surface area (Å²) in [6, 6.07) is 8.07. The third-order valence-corrected chi connectivity index (χ3v) is 5.84. The number of carbonyl (C=O) groups excluding carboxylic acids is 2. The maximum absolute atomic E-state index is 13.1. The van der Waals surface area contributed by atoms with Gasteiger partial charge in [-0.1, -0.05) is 29.8 Å². The standard InChI is InChI=1S/C17H21BrIN4O3P/c1-12-4-6-13(7-5-12)10-23-14(15(20-17(23)18)22(3)11-24)16(25)21(2)8-9-26-27-19/h4-7,11,27H,8-10H2,1-3H3. The summed E-state index contributed by atoms with van der Waals surface area (Å²) < 4.78 is 7.63. The number of imidazole rings is 1. The van der Waals surface area contributed by atoms with Crippen LogP contribution in [0.25, 0.3) is 0 Å². The molecule has 2 rings (SSSR count). The fourth-order valence-electron chi connectivity index (χ4n) is 2.44. The van der Waals surface area contributed by atoms with Gasteiger partial charge in [0.15, 0.2) is 16.2 Å². The van der Waals surface area contributed by atoms with E-state index in [9.17, 15) is 9.59 Å². The van der Waals surface area contributed by atoms with Crippen LogP contribution in [0.1, 0.15) is 21.6 Å². The van der Waals surface area contributed by atoms with Crippen LogP contribution in [0.15, 0.2) is 29.0 Å². The largest absolute Gasteiger partial charge is 0.350 e. The third kappa shape index (κ3) is 5.73. The quantitative estimate of drug-likeness (QED) is 0.201. The Hall–Kier alpha value is -1.03. The highest BCUT2D eigenvalue weighted by Gasteiger charge is 2.27. The van der Waals surface area contributed by atoms with Crippen molar-refractivity contribution >= 4 is 62.6 Å². The summed E-state index contributed by atoms with van der Waals surface area (Å²) in [6.07, 6.45) is 0.641. The van der Waals surface area contributed by atoms with E-state index in [1.165, 1.54) is 4.90 Å². The fraction of sp³-hybridized carbons (Fsp3) is 0.353. The Labute approximate surface area is 181 Å². The summed E-state index contributed by atoms with van der Waals surface area (Å²) >= 11 is 5.57. The minimum Gasteiger partial charge on any atom is -0.350 e. The second-order valence-electron chi connectivity index (χ2n) is 5.99. The molecule has 1 atom stereocenters. The van der Waals surface area contributed by atoms with E-state index in [-0.39, 0.29) is 5.91 Å². The van der Waals surface area contributed by atoms with E-state index in [1.807, 2.05) is 31.2 Å². The van der Waals surface area contributed by atoms with Crippen LogP contribution in [-0.2, 0) is 15.9 Å². The van der Waals surface area contributed by atoms with Crippen molar-refractivity contribution in [3.8, 4) is 0 Å². The highest BCUT2D eigenvalue weighted by atomic mass is 127. The van der Waals surface area contributed by atoms with Crippen LogP contribution >= 0.6 is 44.4 Å². The van der Waals surface area contributed by atoms with Gasteiger partial charge in [-0.25, -0.2) is 4.98 Å². The molecule has 27 heavy (non-hydrogen) atoms. The molecule has 0 N–H and O–H groups in total. The average molecular weight is 567 g/mol. The van der Waals surface area contributed by atoms with Gasteiger partial charge in [0.05, 0.1) is 19.6 Å². The van der Waals surface area contributed by atoms with E-state index in [4.69, 9.17) is 4.52 Å². The maximum atomic E-state index is 13.1. The van der Waals surface area contributed by atoms with Crippen LogP contribution in [0, 0.1) is 6.92 Å². The Bertz CT molecular complexity index is 800. The van der Waals surface area contributed by atoms with Gasteiger partial charge >= 0.3 is 0 Å². The van der Waals surface area contributed by atoms with Crippen LogP contribution in [-0.4, -0.2) is 54.0 Å². The van der Waals surface area contributed by atoms with E-state index in [0.717, 1.165) is 11.1 Å². The summed E-state index contributed by atoms with van der Waals surface area (Å²) in [5.41, 5.74) is 2.55. The lowest BCUT2D eigenvalue weighted by molar-refractivity contribution is -0.107. The number of aromatic nitrogens is 2. The second-order valence-corrected chi connectivity index (χ2v) is 8.47. The molecule has 10 heteroatoms. The SMILES string of the molecule is Cc1ccc(Cn2c(Br)nc(N(C)C=O)c2C(=O)N(C)CCOPI)cc1. The van der Waals surface area contributed by atoms with Crippen molar-refractivity contribution in [2.75, 3.05) is 32.1 Å². The first kappa shape index (κ1) is 22.3. The number of likely N-dealkylation sites (N-methyl/N-ethyl adjacent to an activating group) is 1. The van der Waals surface area contributed by atoms with Crippen molar-refractivity contribution in [2.24, 2.45) is 0 Å². The Kier molecular flexibility index (Phi) is 8.65. The van der Waals surface area contributed by atoms with Gasteiger partial charge in [-0.05, 0) is 50.5 Å². The molecule has 0 saturated heterocycles. The van der Waals surface area contributed by atoms with Gasteiger partial charge in [0, 0.05) is 20.6 Å². The van der Waals surface area contributed by atoms with Crippen molar-refractivity contribution < 1.29 is 14.1 Å². The number of amides is 2. The van der Waals surface area contributed by atoms with Crippen molar-refractivity contribution in [3.05, 3.63) is 45.8 Å². The lowest BCUT2D eigenvalue weighted by Gasteiger charge is -2.20. The number of anilines is 1. The van der Waals surface area contributed by atoms with Gasteiger partial charge in [-0.2, -0.15) is 0 Å². The van der Waals surface area contributed by atoms with Crippen LogP contribution < -0.4 is 4.90 Å². The van der Waals surface area contributed by atoms with Crippen LogP contribution in [0.2, 0.25) is 0 Å². The van der Waals surface area contributed by atoms with E-state index >= 15 is 0 Å². The monoisotopic (exact) mass is 566 g/mol. The molecule has 0 saturated carbocycles. The first-order chi connectivity index (χ1) is 12.9. The van der Waals surface area contributed by atoms with Gasteiger partial charge in [0.2, 0.25) is 6.41 Å². The molecule has 146 valence electrons. The van der Waals surface area contributed by atoms with Gasteiger partial charge in [-0.3, -0.25) is 9.59 Å². The molecule has 0 aliphatic carbocycles. The van der Waals surface area contributed by atoms with Gasteiger partial charge < -0.3 is 18.9 Å². The summed E-state index contributed by atoms with van der Waals surface area (Å²) in [7, 11) is 3.29. The highest BCUT2D eigenvalue weighted by molar-refractivity contribution is 14.2. The minimum absolute atomic E-state index is 0.218. The van der Waals surface area contributed by atoms with Crippen LogP contribution in [0.5, 0.6) is 0 Å². The third-order valence-electron chi connectivity index (χ3n) is 3.99. The molecule has 1 aromatic carbocycles. The molecule has 0 bridgehead atoms. The molecule has 1 aromatic heterocycles.